The molecule has 172 valence electrons. The molecule has 0 N–H and O–H groups in total. The molecule has 1 aromatic heterocycles. The van der Waals surface area contributed by atoms with Crippen molar-refractivity contribution in [1.29, 1.82) is 0 Å². The van der Waals surface area contributed by atoms with Crippen LogP contribution in [0.5, 0.6) is 23.0 Å². The van der Waals surface area contributed by atoms with Gasteiger partial charge in [0.25, 0.3) is 0 Å². The molecular weight excluding hydrogens is 416 g/mol. The van der Waals surface area contributed by atoms with Crippen LogP contribution in [0.4, 0.5) is 0 Å². The fourth-order valence-corrected chi connectivity index (χ4v) is 3.80. The summed E-state index contributed by atoms with van der Waals surface area (Å²) in [5, 5.41) is 0. The van der Waals surface area contributed by atoms with Crippen molar-refractivity contribution < 1.29 is 23.5 Å². The quantitative estimate of drug-likeness (QED) is 0.290. The van der Waals surface area contributed by atoms with Gasteiger partial charge >= 0.3 is 0 Å². The maximum atomic E-state index is 6.03. The zero-order valence-electron chi connectivity index (χ0n) is 19.3. The van der Waals surface area contributed by atoms with Crippen molar-refractivity contribution in [1.82, 2.24) is 4.57 Å². The van der Waals surface area contributed by atoms with Crippen LogP contribution in [0.15, 0.2) is 79.1 Å². The maximum absolute atomic E-state index is 6.03. The number of imidazole rings is 1. The normalized spacial score (nSPS) is 10.8. The number of aromatic nitrogens is 2. The summed E-state index contributed by atoms with van der Waals surface area (Å²) >= 11 is 0. The molecule has 0 aliphatic carbocycles. The summed E-state index contributed by atoms with van der Waals surface area (Å²) in [6.07, 6.45) is 2.13. The largest absolute Gasteiger partial charge is 0.490 e. The number of nitrogens with zero attached hydrogens (tertiary/aromatic N) is 2. The smallest absolute Gasteiger partial charge is 0.244 e. The predicted octanol–water partition coefficient (Wildman–Crippen LogP) is 4.88. The predicted molar refractivity (Wildman–Crippen MR) is 128 cm³/mol. The molecule has 0 aliphatic rings. The third kappa shape index (κ3) is 5.58. The van der Waals surface area contributed by atoms with Gasteiger partial charge in [-0.2, -0.15) is 0 Å². The van der Waals surface area contributed by atoms with Gasteiger partial charge in [0.15, 0.2) is 34.0 Å². The molecule has 1 heterocycles. The minimum Gasteiger partial charge on any atom is -0.490 e. The third-order valence-corrected chi connectivity index (χ3v) is 5.26. The first-order valence-electron chi connectivity index (χ1n) is 11.5. The summed E-state index contributed by atoms with van der Waals surface area (Å²) in [7, 11) is 0. The van der Waals surface area contributed by atoms with Crippen molar-refractivity contribution in [2.45, 2.75) is 26.9 Å². The van der Waals surface area contributed by atoms with E-state index in [0.717, 1.165) is 47.1 Å². The molecule has 0 fully saturated rings. The second-order valence-corrected chi connectivity index (χ2v) is 7.45. The molecule has 0 saturated carbocycles. The summed E-state index contributed by atoms with van der Waals surface area (Å²) in [6, 6.07) is 23.9. The highest BCUT2D eigenvalue weighted by molar-refractivity contribution is 5.71. The van der Waals surface area contributed by atoms with Crippen LogP contribution in [0.2, 0.25) is 0 Å². The zero-order valence-corrected chi connectivity index (χ0v) is 19.3. The Hall–Kier alpha value is -3.67. The Kier molecular flexibility index (Phi) is 7.69. The van der Waals surface area contributed by atoms with E-state index in [-0.39, 0.29) is 0 Å². The van der Waals surface area contributed by atoms with Gasteiger partial charge in [0.05, 0.1) is 13.2 Å². The van der Waals surface area contributed by atoms with Gasteiger partial charge in [-0.1, -0.05) is 36.4 Å². The van der Waals surface area contributed by atoms with Crippen molar-refractivity contribution in [2.24, 2.45) is 0 Å². The minimum absolute atomic E-state index is 0.543. The summed E-state index contributed by atoms with van der Waals surface area (Å²) in [6.45, 7) is 7.70. The van der Waals surface area contributed by atoms with Crippen LogP contribution in [-0.2, 0) is 13.1 Å². The van der Waals surface area contributed by atoms with Crippen LogP contribution < -0.4 is 23.5 Å². The summed E-state index contributed by atoms with van der Waals surface area (Å²) in [5.41, 5.74) is 2.32. The Bertz CT molecular complexity index is 1080. The molecule has 4 aromatic rings. The molecule has 3 aromatic carbocycles. The highest BCUT2D eigenvalue weighted by atomic mass is 16.5. The van der Waals surface area contributed by atoms with Crippen molar-refractivity contribution in [3.05, 3.63) is 79.1 Å². The molecular formula is C27H31N2O4+. The number of hydrogen-bond acceptors (Lipinski definition) is 4. The molecule has 33 heavy (non-hydrogen) atoms. The van der Waals surface area contributed by atoms with Crippen LogP contribution >= 0.6 is 0 Å². The third-order valence-electron chi connectivity index (χ3n) is 5.26. The van der Waals surface area contributed by atoms with Crippen LogP contribution in [0.1, 0.15) is 13.8 Å². The maximum Gasteiger partial charge on any atom is 0.244 e. The molecule has 0 amide bonds. The average molecular weight is 448 g/mol. The van der Waals surface area contributed by atoms with Crippen molar-refractivity contribution in [2.75, 3.05) is 26.4 Å². The van der Waals surface area contributed by atoms with Gasteiger partial charge in [0.1, 0.15) is 26.3 Å². The van der Waals surface area contributed by atoms with Gasteiger partial charge in [-0.25, -0.2) is 9.13 Å². The van der Waals surface area contributed by atoms with Crippen LogP contribution in [0, 0.1) is 0 Å². The average Bonchev–Trinajstić information content (AvgIpc) is 3.19. The topological polar surface area (TPSA) is 45.7 Å². The number of benzene rings is 3. The van der Waals surface area contributed by atoms with E-state index < -0.39 is 0 Å². The molecule has 0 bridgehead atoms. The van der Waals surface area contributed by atoms with Crippen LogP contribution in [0.3, 0.4) is 0 Å². The van der Waals surface area contributed by atoms with Crippen molar-refractivity contribution >= 4 is 11.0 Å². The lowest BCUT2D eigenvalue weighted by molar-refractivity contribution is -0.672. The van der Waals surface area contributed by atoms with E-state index in [4.69, 9.17) is 18.9 Å². The van der Waals surface area contributed by atoms with Crippen LogP contribution in [0.25, 0.3) is 11.0 Å². The first kappa shape index (κ1) is 22.5. The lowest BCUT2D eigenvalue weighted by atomic mass is 10.3. The molecule has 0 spiro atoms. The Morgan fingerprint density at radius 2 is 1.15 bits per heavy atom. The summed E-state index contributed by atoms with van der Waals surface area (Å²) in [4.78, 5) is 0. The minimum atomic E-state index is 0.543. The van der Waals surface area contributed by atoms with Gasteiger partial charge in [0, 0.05) is 0 Å². The second-order valence-electron chi connectivity index (χ2n) is 7.45. The van der Waals surface area contributed by atoms with E-state index in [1.807, 2.05) is 62.4 Å². The highest BCUT2D eigenvalue weighted by Gasteiger charge is 2.16. The molecule has 0 unspecified atom stereocenters. The lowest BCUT2D eigenvalue weighted by Gasteiger charge is -2.11. The summed E-state index contributed by atoms with van der Waals surface area (Å²) in [5.74, 6) is 3.09. The number of hydrogen-bond donors (Lipinski definition) is 0. The van der Waals surface area contributed by atoms with E-state index in [1.54, 1.807) is 0 Å². The van der Waals surface area contributed by atoms with Crippen molar-refractivity contribution in [3.63, 3.8) is 0 Å². The molecule has 0 radical (unpaired) electrons. The van der Waals surface area contributed by atoms with E-state index >= 15 is 0 Å². The van der Waals surface area contributed by atoms with Gasteiger partial charge < -0.3 is 18.9 Å². The fraction of sp³-hybridized carbons (Fsp3) is 0.296. The standard InChI is InChI=1S/C27H31N2O4/c1-3-30-24-13-7-9-15-26(24)32-19-17-28-21-29(23-12-6-5-11-22(23)28)18-20-33-27-16-10-8-14-25(27)31-4-2/h5-16,21H,3-4,17-20H2,1-2H3/q+1. The Morgan fingerprint density at radius 3 is 1.76 bits per heavy atom. The zero-order chi connectivity index (χ0) is 22.9. The SMILES string of the molecule is CCOc1ccccc1OCCn1c[n+](CCOc2ccccc2OCC)c2ccccc21. The molecule has 6 nitrogen and oxygen atoms in total. The monoisotopic (exact) mass is 447 g/mol. The molecule has 0 aliphatic heterocycles. The van der Waals surface area contributed by atoms with E-state index in [1.165, 1.54) is 0 Å². The number of ether oxygens (including phenoxy) is 4. The molecule has 6 heteroatoms. The first-order chi connectivity index (χ1) is 16.3. The highest BCUT2D eigenvalue weighted by Crippen LogP contribution is 2.27. The number of fused-ring (bicyclic) bond motifs is 1. The van der Waals surface area contributed by atoms with Gasteiger partial charge in [-0.05, 0) is 50.2 Å². The number of rotatable bonds is 12. The lowest BCUT2D eigenvalue weighted by Crippen LogP contribution is -2.35. The Labute approximate surface area is 194 Å². The van der Waals surface area contributed by atoms with E-state index in [2.05, 4.69) is 39.7 Å². The second kappa shape index (κ2) is 11.3. The van der Waals surface area contributed by atoms with Gasteiger partial charge in [-0.15, -0.1) is 0 Å². The van der Waals surface area contributed by atoms with Gasteiger partial charge in [0.2, 0.25) is 6.33 Å². The van der Waals surface area contributed by atoms with Crippen LogP contribution in [-0.4, -0.2) is 31.0 Å². The molecule has 4 rings (SSSR count). The summed E-state index contributed by atoms with van der Waals surface area (Å²) < 4.78 is 27.8. The Balaban J connectivity index is 1.42. The van der Waals surface area contributed by atoms with E-state index in [0.29, 0.717) is 26.4 Å². The molecule has 0 atom stereocenters. The van der Waals surface area contributed by atoms with Gasteiger partial charge in [-0.3, -0.25) is 0 Å². The van der Waals surface area contributed by atoms with E-state index in [9.17, 15) is 0 Å². The number of para-hydroxylation sites is 6. The fourth-order valence-electron chi connectivity index (χ4n) is 3.80. The first-order valence-corrected chi connectivity index (χ1v) is 11.5. The van der Waals surface area contributed by atoms with Crippen molar-refractivity contribution in [3.8, 4) is 23.0 Å². The Morgan fingerprint density at radius 1 is 0.636 bits per heavy atom. The molecule has 0 saturated heterocycles.